The predicted molar refractivity (Wildman–Crippen MR) is 101 cm³/mol. The van der Waals surface area contributed by atoms with Gasteiger partial charge in [-0.2, -0.15) is 0 Å². The number of benzene rings is 2. The molecule has 0 radical (unpaired) electrons. The lowest BCUT2D eigenvalue weighted by Gasteiger charge is -2.16. The smallest absolute Gasteiger partial charge is 0.162 e. The summed E-state index contributed by atoms with van der Waals surface area (Å²) in [5.74, 6) is 0.958. The maximum Gasteiger partial charge on any atom is 0.162 e. The summed E-state index contributed by atoms with van der Waals surface area (Å²) in [6, 6.07) is 8.82. The quantitative estimate of drug-likeness (QED) is 0.604. The fourth-order valence-corrected chi connectivity index (χ4v) is 3.11. The Bertz CT molecular complexity index is 752. The zero-order valence-corrected chi connectivity index (χ0v) is 16.3. The molecule has 0 bridgehead atoms. The molecule has 1 saturated carbocycles. The highest BCUT2D eigenvalue weighted by Gasteiger charge is 2.21. The molecule has 1 fully saturated rings. The number of ether oxygens (including phenoxy) is 2. The van der Waals surface area contributed by atoms with E-state index in [1.54, 1.807) is 6.07 Å². The molecule has 3 rings (SSSR count). The number of rotatable bonds is 8. The largest absolute Gasteiger partial charge is 0.490 e. The van der Waals surface area contributed by atoms with Crippen LogP contribution < -0.4 is 14.8 Å². The molecule has 0 aromatic heterocycles. The van der Waals surface area contributed by atoms with Crippen molar-refractivity contribution in [2.45, 2.75) is 39.0 Å². The molecule has 0 heterocycles. The molecular weight excluding hydrogens is 409 g/mol. The lowest BCUT2D eigenvalue weighted by molar-refractivity contribution is 0.268. The molecule has 0 spiro atoms. The van der Waals surface area contributed by atoms with Crippen LogP contribution in [-0.4, -0.2) is 12.6 Å². The van der Waals surface area contributed by atoms with Gasteiger partial charge in [-0.05, 0) is 49.6 Å². The van der Waals surface area contributed by atoms with Crippen LogP contribution in [0.1, 0.15) is 30.9 Å². The second-order valence-electron chi connectivity index (χ2n) is 6.00. The van der Waals surface area contributed by atoms with Gasteiger partial charge in [0.05, 0.1) is 11.6 Å². The van der Waals surface area contributed by atoms with Crippen LogP contribution in [0.5, 0.6) is 11.5 Å². The third-order valence-electron chi connectivity index (χ3n) is 3.97. The zero-order valence-electron chi connectivity index (χ0n) is 14.0. The van der Waals surface area contributed by atoms with E-state index in [1.165, 1.54) is 25.0 Å². The van der Waals surface area contributed by atoms with Crippen LogP contribution in [0.2, 0.25) is 5.02 Å². The van der Waals surface area contributed by atoms with Gasteiger partial charge in [0.2, 0.25) is 0 Å². The van der Waals surface area contributed by atoms with Crippen molar-refractivity contribution in [1.82, 2.24) is 5.32 Å². The van der Waals surface area contributed by atoms with Crippen LogP contribution in [0, 0.1) is 5.82 Å². The molecule has 6 heteroatoms. The molecule has 1 aliphatic rings. The first kappa shape index (κ1) is 18.5. The second kappa shape index (κ2) is 8.39. The van der Waals surface area contributed by atoms with Crippen molar-refractivity contribution in [2.75, 3.05) is 6.61 Å². The van der Waals surface area contributed by atoms with Gasteiger partial charge in [-0.3, -0.25) is 0 Å². The van der Waals surface area contributed by atoms with E-state index in [-0.39, 0.29) is 12.4 Å². The normalized spacial score (nSPS) is 13.8. The summed E-state index contributed by atoms with van der Waals surface area (Å²) in [5.41, 5.74) is 1.85. The van der Waals surface area contributed by atoms with Crippen molar-refractivity contribution in [3.8, 4) is 11.5 Å². The van der Waals surface area contributed by atoms with Crippen molar-refractivity contribution < 1.29 is 13.9 Å². The summed E-state index contributed by atoms with van der Waals surface area (Å²) >= 11 is 9.66. The Balaban J connectivity index is 1.75. The number of hydrogen-bond acceptors (Lipinski definition) is 3. The summed E-state index contributed by atoms with van der Waals surface area (Å²) in [4.78, 5) is 0. The number of halogens is 3. The standard InChI is InChI=1S/C19H20BrClFNO2/c1-2-24-18-7-13(10-23-15-5-6-15)16(20)9-19(18)25-11-12-3-4-14(22)8-17(12)21/h3-4,7-9,15,23H,2,5-6,10-11H2,1H3. The van der Waals surface area contributed by atoms with Gasteiger partial charge >= 0.3 is 0 Å². The summed E-state index contributed by atoms with van der Waals surface area (Å²) in [6.45, 7) is 3.51. The van der Waals surface area contributed by atoms with Crippen molar-refractivity contribution in [2.24, 2.45) is 0 Å². The first-order chi connectivity index (χ1) is 12.1. The first-order valence-electron chi connectivity index (χ1n) is 8.32. The van der Waals surface area contributed by atoms with Crippen molar-refractivity contribution in [3.63, 3.8) is 0 Å². The molecule has 0 saturated heterocycles. The summed E-state index contributed by atoms with van der Waals surface area (Å²) < 4.78 is 25.7. The lowest BCUT2D eigenvalue weighted by atomic mass is 10.2. The fourth-order valence-electron chi connectivity index (χ4n) is 2.43. The molecule has 25 heavy (non-hydrogen) atoms. The van der Waals surface area contributed by atoms with E-state index in [4.69, 9.17) is 21.1 Å². The third kappa shape index (κ3) is 5.09. The Morgan fingerprint density at radius 2 is 1.92 bits per heavy atom. The molecule has 134 valence electrons. The molecule has 1 aliphatic carbocycles. The highest BCUT2D eigenvalue weighted by molar-refractivity contribution is 9.10. The van der Waals surface area contributed by atoms with Gasteiger partial charge in [-0.15, -0.1) is 0 Å². The average Bonchev–Trinajstić information content (AvgIpc) is 3.39. The Kier molecular flexibility index (Phi) is 6.20. The lowest BCUT2D eigenvalue weighted by Crippen LogP contribution is -2.15. The van der Waals surface area contributed by atoms with E-state index in [0.717, 1.165) is 22.1 Å². The van der Waals surface area contributed by atoms with Gasteiger partial charge < -0.3 is 14.8 Å². The highest BCUT2D eigenvalue weighted by atomic mass is 79.9. The van der Waals surface area contributed by atoms with E-state index >= 15 is 0 Å². The number of hydrogen-bond donors (Lipinski definition) is 1. The van der Waals surface area contributed by atoms with Crippen LogP contribution >= 0.6 is 27.5 Å². The predicted octanol–water partition coefficient (Wildman–Crippen LogP) is 5.47. The topological polar surface area (TPSA) is 30.5 Å². The van der Waals surface area contributed by atoms with Gasteiger partial charge in [0.15, 0.2) is 11.5 Å². The van der Waals surface area contributed by atoms with Gasteiger partial charge in [-0.1, -0.05) is 33.6 Å². The van der Waals surface area contributed by atoms with Gasteiger partial charge in [0.25, 0.3) is 0 Å². The first-order valence-corrected chi connectivity index (χ1v) is 9.49. The van der Waals surface area contributed by atoms with Crippen molar-refractivity contribution >= 4 is 27.5 Å². The van der Waals surface area contributed by atoms with Gasteiger partial charge in [0.1, 0.15) is 12.4 Å². The third-order valence-corrected chi connectivity index (χ3v) is 5.06. The summed E-state index contributed by atoms with van der Waals surface area (Å²) in [6.07, 6.45) is 2.49. The van der Waals surface area contributed by atoms with Gasteiger partial charge in [0, 0.05) is 22.6 Å². The maximum atomic E-state index is 13.1. The molecule has 3 nitrogen and oxygen atoms in total. The van der Waals surface area contributed by atoms with E-state index < -0.39 is 0 Å². The molecule has 2 aromatic carbocycles. The summed E-state index contributed by atoms with van der Waals surface area (Å²) in [7, 11) is 0. The van der Waals surface area contributed by atoms with Gasteiger partial charge in [-0.25, -0.2) is 4.39 Å². The minimum atomic E-state index is -0.362. The van der Waals surface area contributed by atoms with Crippen molar-refractivity contribution in [3.05, 3.63) is 56.8 Å². The molecule has 1 N–H and O–H groups in total. The van der Waals surface area contributed by atoms with E-state index in [9.17, 15) is 4.39 Å². The van der Waals surface area contributed by atoms with E-state index in [2.05, 4.69) is 21.2 Å². The molecular formula is C19H20BrClFNO2. The molecule has 0 aliphatic heterocycles. The van der Waals surface area contributed by atoms with Crippen LogP contribution in [0.4, 0.5) is 4.39 Å². The van der Waals surface area contributed by atoms with Crippen molar-refractivity contribution in [1.29, 1.82) is 0 Å². The minimum absolute atomic E-state index is 0.241. The van der Waals surface area contributed by atoms with Crippen LogP contribution in [0.3, 0.4) is 0 Å². The highest BCUT2D eigenvalue weighted by Crippen LogP contribution is 2.35. The molecule has 0 amide bonds. The Morgan fingerprint density at radius 1 is 1.16 bits per heavy atom. The van der Waals surface area contributed by atoms with E-state index in [1.807, 2.05) is 19.1 Å². The molecule has 0 atom stereocenters. The Hall–Kier alpha value is -1.30. The number of nitrogens with one attached hydrogen (secondary N) is 1. The average molecular weight is 429 g/mol. The fraction of sp³-hybridized carbons (Fsp3) is 0.368. The van der Waals surface area contributed by atoms with E-state index in [0.29, 0.717) is 29.2 Å². The Labute approximate surface area is 160 Å². The Morgan fingerprint density at radius 3 is 2.60 bits per heavy atom. The zero-order chi connectivity index (χ0) is 17.8. The summed E-state index contributed by atoms with van der Waals surface area (Å²) in [5, 5.41) is 3.84. The van der Waals surface area contributed by atoms with Crippen LogP contribution in [0.15, 0.2) is 34.8 Å². The molecule has 2 aromatic rings. The molecule has 0 unspecified atom stereocenters. The van der Waals surface area contributed by atoms with Crippen LogP contribution in [-0.2, 0) is 13.2 Å². The maximum absolute atomic E-state index is 13.1. The monoisotopic (exact) mass is 427 g/mol. The van der Waals surface area contributed by atoms with Crippen LogP contribution in [0.25, 0.3) is 0 Å². The second-order valence-corrected chi connectivity index (χ2v) is 7.26. The minimum Gasteiger partial charge on any atom is -0.490 e. The SMILES string of the molecule is CCOc1cc(CNC2CC2)c(Br)cc1OCc1ccc(F)cc1Cl.